The summed E-state index contributed by atoms with van der Waals surface area (Å²) in [5.74, 6) is 0. The molecule has 0 fully saturated rings. The number of hydrogen-bond acceptors (Lipinski definition) is 4. The van der Waals surface area contributed by atoms with E-state index in [2.05, 4.69) is 46.7 Å². The summed E-state index contributed by atoms with van der Waals surface area (Å²) in [5.41, 5.74) is 0. The molecule has 4 nitrogen and oxygen atoms in total. The van der Waals surface area contributed by atoms with Crippen molar-refractivity contribution in [3.8, 4) is 0 Å². The van der Waals surface area contributed by atoms with Gasteiger partial charge in [-0.1, -0.05) is 0 Å². The van der Waals surface area contributed by atoms with Gasteiger partial charge in [0.05, 0.1) is 13.3 Å². The third kappa shape index (κ3) is 6.69. The van der Waals surface area contributed by atoms with Crippen molar-refractivity contribution in [2.45, 2.75) is 13.8 Å². The van der Waals surface area contributed by atoms with Crippen LogP contribution in [0.5, 0.6) is 0 Å². The highest BCUT2D eigenvalue weighted by Crippen LogP contribution is 1.91. The molecule has 16 heavy (non-hydrogen) atoms. The highest BCUT2D eigenvalue weighted by Gasteiger charge is 1.96. The molecule has 0 amide bonds. The third-order valence-electron chi connectivity index (χ3n) is 2.21. The predicted octanol–water partition coefficient (Wildman–Crippen LogP) is 1.52. The first-order chi connectivity index (χ1) is 6.86. The zero-order valence-corrected chi connectivity index (χ0v) is 11.5. The summed E-state index contributed by atoms with van der Waals surface area (Å²) in [6, 6.07) is 0. The molecule has 0 spiro atoms. The molecule has 0 aromatic heterocycles. The van der Waals surface area contributed by atoms with Gasteiger partial charge in [-0.25, -0.2) is 0 Å². The van der Waals surface area contributed by atoms with Crippen molar-refractivity contribution in [3.05, 3.63) is 24.8 Å². The topological polar surface area (TPSA) is 30.5 Å². The van der Waals surface area contributed by atoms with Crippen LogP contribution in [0, 0.1) is 0 Å². The first-order valence-electron chi connectivity index (χ1n) is 5.15. The summed E-state index contributed by atoms with van der Waals surface area (Å²) in [5, 5.41) is 6.14. The average Bonchev–Trinajstić information content (AvgIpc) is 2.92. The summed E-state index contributed by atoms with van der Waals surface area (Å²) in [6.07, 6.45) is 8.03. The number of halogens is 2. The Morgan fingerprint density at radius 3 is 1.38 bits per heavy atom. The molecule has 0 aromatic carbocycles. The largest absolute Gasteiger partial charge is 0.373 e. The summed E-state index contributed by atoms with van der Waals surface area (Å²) < 4.78 is 0. The molecule has 0 radical (unpaired) electrons. The van der Waals surface area contributed by atoms with Crippen LogP contribution in [0.25, 0.3) is 0 Å². The van der Waals surface area contributed by atoms with E-state index in [9.17, 15) is 0 Å². The highest BCUT2D eigenvalue weighted by atomic mass is 35.5. The van der Waals surface area contributed by atoms with Crippen molar-refractivity contribution in [1.82, 2.24) is 20.4 Å². The molecule has 0 unspecified atom stereocenters. The molecule has 2 N–H and O–H groups in total. The standard InChI is InChI=1S/2C5H10N2.2ClH/c2*1-2-7-4-3-6-5-7;;/h2*3-4,6H,2,5H2,1H3;2*1H. The van der Waals surface area contributed by atoms with Gasteiger partial charge in [0.1, 0.15) is 0 Å². The first kappa shape index (κ1) is 17.6. The van der Waals surface area contributed by atoms with Crippen LogP contribution in [-0.4, -0.2) is 36.2 Å². The highest BCUT2D eigenvalue weighted by molar-refractivity contribution is 5.85. The first-order valence-corrected chi connectivity index (χ1v) is 5.15. The van der Waals surface area contributed by atoms with Gasteiger partial charge >= 0.3 is 0 Å². The molecule has 0 saturated heterocycles. The van der Waals surface area contributed by atoms with Crippen LogP contribution < -0.4 is 10.6 Å². The summed E-state index contributed by atoms with van der Waals surface area (Å²) in [6.45, 7) is 8.44. The van der Waals surface area contributed by atoms with E-state index in [0.717, 1.165) is 26.4 Å². The Morgan fingerprint density at radius 1 is 0.875 bits per heavy atom. The second-order valence-corrected chi connectivity index (χ2v) is 3.17. The van der Waals surface area contributed by atoms with Gasteiger partial charge in [0, 0.05) is 37.9 Å². The van der Waals surface area contributed by atoms with Crippen LogP contribution in [0.2, 0.25) is 0 Å². The van der Waals surface area contributed by atoms with E-state index in [1.54, 1.807) is 0 Å². The normalized spacial score (nSPS) is 15.4. The van der Waals surface area contributed by atoms with Crippen molar-refractivity contribution in [2.75, 3.05) is 26.4 Å². The van der Waals surface area contributed by atoms with Crippen LogP contribution >= 0.6 is 24.8 Å². The zero-order chi connectivity index (χ0) is 10.2. The maximum absolute atomic E-state index is 3.07. The van der Waals surface area contributed by atoms with Crippen LogP contribution in [0.4, 0.5) is 0 Å². The lowest BCUT2D eigenvalue weighted by Gasteiger charge is -2.08. The van der Waals surface area contributed by atoms with Gasteiger partial charge < -0.3 is 20.4 Å². The monoisotopic (exact) mass is 268 g/mol. The third-order valence-corrected chi connectivity index (χ3v) is 2.21. The lowest BCUT2D eigenvalue weighted by molar-refractivity contribution is 0.413. The lowest BCUT2D eigenvalue weighted by Crippen LogP contribution is -2.19. The predicted molar refractivity (Wildman–Crippen MR) is 73.5 cm³/mol. The molecule has 2 aliphatic heterocycles. The molecular formula is C10H22Cl2N4. The molecule has 2 aliphatic rings. The van der Waals surface area contributed by atoms with E-state index < -0.39 is 0 Å². The Kier molecular flexibility index (Phi) is 11.9. The molecule has 0 aliphatic carbocycles. The van der Waals surface area contributed by atoms with Crippen LogP contribution in [0.15, 0.2) is 24.8 Å². The number of nitrogens with one attached hydrogen (secondary N) is 2. The van der Waals surface area contributed by atoms with Gasteiger partial charge in [-0.3, -0.25) is 0 Å². The van der Waals surface area contributed by atoms with E-state index in [0.29, 0.717) is 0 Å². The van der Waals surface area contributed by atoms with Gasteiger partial charge in [0.15, 0.2) is 0 Å². The van der Waals surface area contributed by atoms with Crippen LogP contribution in [-0.2, 0) is 0 Å². The number of hydrogen-bond donors (Lipinski definition) is 2. The minimum atomic E-state index is 0. The van der Waals surface area contributed by atoms with Gasteiger partial charge in [0.2, 0.25) is 0 Å². The van der Waals surface area contributed by atoms with Crippen molar-refractivity contribution in [2.24, 2.45) is 0 Å². The molecule has 0 bridgehead atoms. The minimum absolute atomic E-state index is 0. The van der Waals surface area contributed by atoms with Crippen molar-refractivity contribution in [1.29, 1.82) is 0 Å². The smallest absolute Gasteiger partial charge is 0.0867 e. The number of rotatable bonds is 2. The zero-order valence-electron chi connectivity index (χ0n) is 9.85. The summed E-state index contributed by atoms with van der Waals surface area (Å²) in [7, 11) is 0. The van der Waals surface area contributed by atoms with Crippen molar-refractivity contribution in [3.63, 3.8) is 0 Å². The molecular weight excluding hydrogens is 247 g/mol. The lowest BCUT2D eigenvalue weighted by atomic mass is 10.6. The molecule has 2 heterocycles. The summed E-state index contributed by atoms with van der Waals surface area (Å²) in [4.78, 5) is 4.39. The maximum Gasteiger partial charge on any atom is 0.0867 e. The van der Waals surface area contributed by atoms with Crippen LogP contribution in [0.3, 0.4) is 0 Å². The van der Waals surface area contributed by atoms with Crippen molar-refractivity contribution >= 4 is 24.8 Å². The Hall–Kier alpha value is -0.740. The molecule has 6 heteroatoms. The molecule has 0 saturated carbocycles. The van der Waals surface area contributed by atoms with Crippen LogP contribution in [0.1, 0.15) is 13.8 Å². The fraction of sp³-hybridized carbons (Fsp3) is 0.600. The van der Waals surface area contributed by atoms with E-state index in [1.807, 2.05) is 12.4 Å². The maximum atomic E-state index is 3.07. The number of nitrogens with zero attached hydrogens (tertiary/aromatic N) is 2. The van der Waals surface area contributed by atoms with Gasteiger partial charge in [0.25, 0.3) is 0 Å². The second-order valence-electron chi connectivity index (χ2n) is 3.17. The average molecular weight is 269 g/mol. The molecule has 2 rings (SSSR count). The van der Waals surface area contributed by atoms with E-state index >= 15 is 0 Å². The molecule has 96 valence electrons. The molecule has 0 aromatic rings. The SMILES string of the molecule is CCN1C=CNC1.CCN1C=CNC1.Cl.Cl. The quantitative estimate of drug-likeness (QED) is 0.796. The van der Waals surface area contributed by atoms with E-state index in [-0.39, 0.29) is 24.8 Å². The van der Waals surface area contributed by atoms with Gasteiger partial charge in [-0.2, -0.15) is 0 Å². The summed E-state index contributed by atoms with van der Waals surface area (Å²) >= 11 is 0. The van der Waals surface area contributed by atoms with E-state index in [1.165, 1.54) is 0 Å². The Labute approximate surface area is 111 Å². The van der Waals surface area contributed by atoms with Crippen molar-refractivity contribution < 1.29 is 0 Å². The fourth-order valence-corrected chi connectivity index (χ4v) is 1.20. The second kappa shape index (κ2) is 10.8. The molecule has 0 atom stereocenters. The van der Waals surface area contributed by atoms with Gasteiger partial charge in [-0.05, 0) is 13.8 Å². The van der Waals surface area contributed by atoms with E-state index in [4.69, 9.17) is 0 Å². The Balaban J connectivity index is 0. The minimum Gasteiger partial charge on any atom is -0.373 e. The Morgan fingerprint density at radius 2 is 1.25 bits per heavy atom. The fourth-order valence-electron chi connectivity index (χ4n) is 1.20. The van der Waals surface area contributed by atoms with Gasteiger partial charge in [-0.15, -0.1) is 24.8 Å². The Bertz CT molecular complexity index is 187.